The minimum Gasteiger partial charge on any atom is -0.756 e. The Kier molecular flexibility index (Phi) is 48.9. The fraction of sp³-hybridized carbons (Fsp3) is 0.898. The van der Waals surface area contributed by atoms with Crippen molar-refractivity contribution in [2.24, 2.45) is 0 Å². The van der Waals surface area contributed by atoms with E-state index in [0.29, 0.717) is 17.4 Å². The second-order valence-electron chi connectivity index (χ2n) is 21.5. The number of esters is 1. The Balaban J connectivity index is 5.26. The molecule has 0 spiro atoms. The summed E-state index contributed by atoms with van der Waals surface area (Å²) in [7, 11) is 1.19. The number of amides is 1. The number of phosphoric ester groups is 1. The minimum atomic E-state index is -4.69. The first-order valence-electron chi connectivity index (χ1n) is 29.6. The molecule has 0 aliphatic carbocycles. The summed E-state index contributed by atoms with van der Waals surface area (Å²) >= 11 is 0. The Morgan fingerprint density at radius 3 is 1.25 bits per heavy atom. The van der Waals surface area contributed by atoms with Gasteiger partial charge in [-0.3, -0.25) is 14.2 Å². The number of carbonyl (C=O) groups is 2. The largest absolute Gasteiger partial charge is 0.756 e. The van der Waals surface area contributed by atoms with E-state index in [-0.39, 0.29) is 31.5 Å². The lowest BCUT2D eigenvalue weighted by Gasteiger charge is -2.30. The van der Waals surface area contributed by atoms with Crippen molar-refractivity contribution in [1.82, 2.24) is 5.32 Å². The van der Waals surface area contributed by atoms with Crippen molar-refractivity contribution in [3.63, 3.8) is 0 Å². The van der Waals surface area contributed by atoms with E-state index in [0.717, 1.165) is 70.6 Å². The molecule has 1 N–H and O–H groups in total. The van der Waals surface area contributed by atoms with Gasteiger partial charge in [0.25, 0.3) is 7.82 Å². The number of carbonyl (C=O) groups excluding carboxylic acids is 2. The number of allylic oxidation sites excluding steroid dienone is 3. The van der Waals surface area contributed by atoms with Crippen LogP contribution >= 0.6 is 7.82 Å². The molecule has 0 aliphatic rings. The molecule has 0 aromatic rings. The van der Waals surface area contributed by atoms with Crippen molar-refractivity contribution in [3.05, 3.63) is 24.3 Å². The van der Waals surface area contributed by atoms with Crippen molar-refractivity contribution in [1.29, 1.82) is 0 Å². The van der Waals surface area contributed by atoms with Gasteiger partial charge in [0.1, 0.15) is 19.3 Å². The molecule has 3 unspecified atom stereocenters. The van der Waals surface area contributed by atoms with Crippen LogP contribution in [0, 0.1) is 0 Å². The van der Waals surface area contributed by atoms with Gasteiger partial charge in [-0.2, -0.15) is 0 Å². The lowest BCUT2D eigenvalue weighted by molar-refractivity contribution is -0.870. The Labute approximate surface area is 428 Å². The first-order chi connectivity index (χ1) is 33.4. The van der Waals surface area contributed by atoms with Gasteiger partial charge in [-0.15, -0.1) is 0 Å². The highest BCUT2D eigenvalue weighted by atomic mass is 31.2. The molecule has 0 aliphatic heterocycles. The second-order valence-corrected chi connectivity index (χ2v) is 22.9. The predicted molar refractivity (Wildman–Crippen MR) is 293 cm³/mol. The summed E-state index contributed by atoms with van der Waals surface area (Å²) in [5, 5.41) is 3.02. The number of rotatable bonds is 54. The Bertz CT molecular complexity index is 1240. The number of likely N-dealkylation sites (N-methyl/N-ethyl adjacent to an activating group) is 1. The third-order valence-corrected chi connectivity index (χ3v) is 14.3. The quantitative estimate of drug-likeness (QED) is 0.0212. The monoisotopic (exact) mass is 995 g/mol. The number of unbranched alkanes of at least 4 members (excludes halogenated alkanes) is 36. The van der Waals surface area contributed by atoms with Crippen LogP contribution in [0.1, 0.15) is 290 Å². The van der Waals surface area contributed by atoms with Crippen LogP contribution in [0.25, 0.3) is 0 Å². The van der Waals surface area contributed by atoms with Crippen LogP contribution in [-0.2, 0) is 27.9 Å². The number of ether oxygens (including phenoxy) is 1. The van der Waals surface area contributed by atoms with Gasteiger partial charge in [-0.25, -0.2) is 0 Å². The second kappa shape index (κ2) is 50.0. The van der Waals surface area contributed by atoms with E-state index in [4.69, 9.17) is 13.8 Å². The number of hydrogen-bond acceptors (Lipinski definition) is 7. The summed E-state index contributed by atoms with van der Waals surface area (Å²) in [4.78, 5) is 39.8. The number of nitrogens with one attached hydrogen (secondary N) is 1. The number of nitrogens with zero attached hydrogens (tertiary/aromatic N) is 1. The molecule has 0 saturated heterocycles. The van der Waals surface area contributed by atoms with Crippen molar-refractivity contribution in [3.8, 4) is 0 Å². The first-order valence-corrected chi connectivity index (χ1v) is 31.1. The molecule has 3 atom stereocenters. The van der Waals surface area contributed by atoms with Crippen molar-refractivity contribution < 1.29 is 37.3 Å². The molecular weight excluding hydrogens is 880 g/mol. The van der Waals surface area contributed by atoms with Gasteiger partial charge in [-0.1, -0.05) is 244 Å². The molecule has 0 bridgehead atoms. The highest BCUT2D eigenvalue weighted by Crippen LogP contribution is 2.38. The van der Waals surface area contributed by atoms with Crippen LogP contribution < -0.4 is 10.2 Å². The van der Waals surface area contributed by atoms with E-state index in [1.165, 1.54) is 186 Å². The minimum absolute atomic E-state index is 0.0199. The van der Waals surface area contributed by atoms with Gasteiger partial charge in [0.15, 0.2) is 0 Å². The number of quaternary nitrogens is 1. The molecule has 0 fully saturated rings. The summed E-state index contributed by atoms with van der Waals surface area (Å²) in [6.45, 7) is 6.85. The SMILES string of the molecule is CCCCCC/C=C\CCCCCCCCCC(=O)NC(COP(=O)([O-])OCC[N+](C)(C)C)C(/C=C/CCCCCCCCCCC)OC(=O)CCCCCCCCCCCCCCCCCCC. The van der Waals surface area contributed by atoms with Crippen LogP contribution in [0.2, 0.25) is 0 Å². The van der Waals surface area contributed by atoms with E-state index in [2.05, 4.69) is 38.2 Å². The maximum atomic E-state index is 13.5. The zero-order valence-corrected chi connectivity index (χ0v) is 47.4. The van der Waals surface area contributed by atoms with E-state index in [9.17, 15) is 19.0 Å². The van der Waals surface area contributed by atoms with Gasteiger partial charge in [0.2, 0.25) is 5.91 Å². The van der Waals surface area contributed by atoms with Gasteiger partial charge in [0, 0.05) is 12.8 Å². The summed E-state index contributed by atoms with van der Waals surface area (Å²) in [6.07, 6.45) is 57.1. The highest BCUT2D eigenvalue weighted by Gasteiger charge is 2.27. The molecule has 9 nitrogen and oxygen atoms in total. The van der Waals surface area contributed by atoms with Gasteiger partial charge in [-0.05, 0) is 57.4 Å². The van der Waals surface area contributed by atoms with Crippen LogP contribution in [0.5, 0.6) is 0 Å². The maximum absolute atomic E-state index is 13.5. The maximum Gasteiger partial charge on any atom is 0.306 e. The summed E-state index contributed by atoms with van der Waals surface area (Å²) in [5.74, 6) is -0.533. The van der Waals surface area contributed by atoms with Gasteiger partial charge < -0.3 is 28.5 Å². The average molecular weight is 996 g/mol. The molecule has 69 heavy (non-hydrogen) atoms. The van der Waals surface area contributed by atoms with E-state index >= 15 is 0 Å². The lowest BCUT2D eigenvalue weighted by Crippen LogP contribution is -2.47. The Morgan fingerprint density at radius 1 is 0.493 bits per heavy atom. The predicted octanol–water partition coefficient (Wildman–Crippen LogP) is 17.1. The molecule has 0 aromatic carbocycles. The molecule has 10 heteroatoms. The zero-order valence-electron chi connectivity index (χ0n) is 46.5. The first kappa shape index (κ1) is 67.5. The molecule has 0 rings (SSSR count). The van der Waals surface area contributed by atoms with Gasteiger partial charge in [0.05, 0.1) is 33.8 Å². The van der Waals surface area contributed by atoms with Crippen LogP contribution in [0.15, 0.2) is 24.3 Å². The third-order valence-electron chi connectivity index (χ3n) is 13.4. The number of phosphoric acid groups is 1. The van der Waals surface area contributed by atoms with Crippen LogP contribution in [0.4, 0.5) is 0 Å². The summed E-state index contributed by atoms with van der Waals surface area (Å²) in [5.41, 5.74) is 0. The molecular formula is C59H115N2O7P. The average Bonchev–Trinajstić information content (AvgIpc) is 3.31. The van der Waals surface area contributed by atoms with Crippen LogP contribution in [-0.4, -0.2) is 69.4 Å². The lowest BCUT2D eigenvalue weighted by atomic mass is 10.0. The van der Waals surface area contributed by atoms with Crippen molar-refractivity contribution in [2.45, 2.75) is 303 Å². The molecule has 408 valence electrons. The van der Waals surface area contributed by atoms with E-state index in [1.807, 2.05) is 33.3 Å². The Morgan fingerprint density at radius 2 is 0.841 bits per heavy atom. The molecule has 1 amide bonds. The smallest absolute Gasteiger partial charge is 0.306 e. The van der Waals surface area contributed by atoms with E-state index in [1.54, 1.807) is 0 Å². The van der Waals surface area contributed by atoms with Crippen LogP contribution in [0.3, 0.4) is 0 Å². The fourth-order valence-electron chi connectivity index (χ4n) is 8.75. The summed E-state index contributed by atoms with van der Waals surface area (Å²) in [6, 6.07) is -0.883. The van der Waals surface area contributed by atoms with Crippen molar-refractivity contribution in [2.75, 3.05) is 40.9 Å². The molecule has 0 saturated carbocycles. The fourth-order valence-corrected chi connectivity index (χ4v) is 9.48. The van der Waals surface area contributed by atoms with Crippen molar-refractivity contribution >= 4 is 19.7 Å². The standard InChI is InChI=1S/C59H115N2O7P/c1-7-10-13-16-19-22-25-27-29-30-32-34-37-40-43-46-49-52-59(63)68-57(50-47-44-41-38-35-24-21-18-15-12-9-3)56(55-67-69(64,65)66-54-53-61(4,5)6)60-58(62)51-48-45-42-39-36-33-31-28-26-23-20-17-14-11-8-2/h23,26,47,50,56-57H,7-22,24-25,27-46,48-49,51-55H2,1-6H3,(H-,60,62,64,65)/b26-23-,50-47+. The Hall–Kier alpha value is -1.51. The normalized spacial score (nSPS) is 13.9. The third kappa shape index (κ3) is 51.2. The topological polar surface area (TPSA) is 114 Å². The summed E-state index contributed by atoms with van der Waals surface area (Å²) < 4.78 is 30.2. The number of hydrogen-bond donors (Lipinski definition) is 1. The zero-order chi connectivity index (χ0) is 50.8. The molecule has 0 radical (unpaired) electrons. The van der Waals surface area contributed by atoms with E-state index < -0.39 is 20.0 Å². The molecule has 0 aromatic heterocycles. The highest BCUT2D eigenvalue weighted by molar-refractivity contribution is 7.45. The van der Waals surface area contributed by atoms with Gasteiger partial charge >= 0.3 is 5.97 Å². The molecule has 0 heterocycles.